The van der Waals surface area contributed by atoms with Crippen LogP contribution in [0.3, 0.4) is 0 Å². The summed E-state index contributed by atoms with van der Waals surface area (Å²) in [5.41, 5.74) is -0.682. The van der Waals surface area contributed by atoms with Crippen molar-refractivity contribution in [2.24, 2.45) is 0 Å². The van der Waals surface area contributed by atoms with Crippen LogP contribution in [-0.4, -0.2) is 46.5 Å². The molecule has 2 amide bonds. The molecule has 5 rings (SSSR count). The number of rotatable bonds is 2. The molecule has 3 heterocycles. The molecule has 170 valence electrons. The number of piperidine rings is 1. The first kappa shape index (κ1) is 21.5. The number of benzene rings is 2. The molecule has 9 heteroatoms. The Morgan fingerprint density at radius 1 is 1.06 bits per heavy atom. The van der Waals surface area contributed by atoms with Gasteiger partial charge in [0.05, 0.1) is 11.6 Å². The fourth-order valence-corrected chi connectivity index (χ4v) is 5.13. The van der Waals surface area contributed by atoms with Crippen molar-refractivity contribution in [1.82, 2.24) is 9.80 Å². The number of hydrogen-bond donors (Lipinski definition) is 0. The summed E-state index contributed by atoms with van der Waals surface area (Å²) < 4.78 is 47.6. The second kappa shape index (κ2) is 7.89. The minimum absolute atomic E-state index is 0.134. The van der Waals surface area contributed by atoms with E-state index in [-0.39, 0.29) is 48.9 Å². The number of amides is 2. The van der Waals surface area contributed by atoms with E-state index in [0.717, 1.165) is 12.1 Å². The molecule has 33 heavy (non-hydrogen) atoms. The van der Waals surface area contributed by atoms with Crippen LogP contribution in [0.4, 0.5) is 13.2 Å². The highest BCUT2D eigenvalue weighted by Gasteiger charge is 2.58. The minimum Gasteiger partial charge on any atom is -0.342 e. The molecule has 0 aromatic heterocycles. The molecular formula is C24H20F3N3O3. The lowest BCUT2D eigenvalue weighted by molar-refractivity contribution is -0.142. The molecule has 0 N–H and O–H groups in total. The highest BCUT2D eigenvalue weighted by molar-refractivity contribution is 5.95. The van der Waals surface area contributed by atoms with E-state index >= 15 is 0 Å². The zero-order valence-electron chi connectivity index (χ0n) is 17.6. The van der Waals surface area contributed by atoms with Crippen LogP contribution >= 0.6 is 0 Å². The molecule has 0 aliphatic carbocycles. The van der Waals surface area contributed by atoms with Crippen molar-refractivity contribution in [2.75, 3.05) is 13.1 Å². The highest BCUT2D eigenvalue weighted by atomic mass is 19.1. The third-order valence-corrected chi connectivity index (χ3v) is 6.78. The Morgan fingerprint density at radius 3 is 2.39 bits per heavy atom. The maximum absolute atomic E-state index is 13.9. The van der Waals surface area contributed by atoms with Gasteiger partial charge in [-0.05, 0) is 48.7 Å². The molecule has 0 radical (unpaired) electrons. The Morgan fingerprint density at radius 2 is 1.76 bits per heavy atom. The molecule has 2 aromatic carbocycles. The molecule has 1 spiro atoms. The molecule has 2 atom stereocenters. The van der Waals surface area contributed by atoms with Gasteiger partial charge in [-0.3, -0.25) is 9.59 Å². The van der Waals surface area contributed by atoms with Gasteiger partial charge in [-0.25, -0.2) is 13.2 Å². The number of carbonyl (C=O) groups excluding carboxylic acids is 2. The van der Waals surface area contributed by atoms with Crippen molar-refractivity contribution in [3.05, 3.63) is 70.5 Å². The maximum atomic E-state index is 13.9. The van der Waals surface area contributed by atoms with Gasteiger partial charge in [0.15, 0.2) is 5.60 Å². The van der Waals surface area contributed by atoms with E-state index in [1.54, 1.807) is 11.0 Å². The Kier molecular flexibility index (Phi) is 5.13. The first-order valence-corrected chi connectivity index (χ1v) is 10.8. The van der Waals surface area contributed by atoms with Crippen LogP contribution in [0.1, 0.15) is 53.2 Å². The molecule has 3 saturated heterocycles. The number of halogens is 3. The number of likely N-dealkylation sites (tertiary alicyclic amines) is 1. The van der Waals surface area contributed by atoms with E-state index in [1.807, 2.05) is 0 Å². The normalized spacial score (nSPS) is 23.6. The van der Waals surface area contributed by atoms with Crippen molar-refractivity contribution in [2.45, 2.75) is 43.6 Å². The predicted molar refractivity (Wildman–Crippen MR) is 109 cm³/mol. The van der Waals surface area contributed by atoms with Gasteiger partial charge in [0.2, 0.25) is 0 Å². The molecule has 2 aromatic rings. The molecule has 6 nitrogen and oxygen atoms in total. The quantitative estimate of drug-likeness (QED) is 0.693. The lowest BCUT2D eigenvalue weighted by Crippen LogP contribution is -2.51. The number of ether oxygens (including phenoxy) is 1. The number of nitrogens with zero attached hydrogens (tertiary/aromatic N) is 3. The fourth-order valence-electron chi connectivity index (χ4n) is 5.13. The van der Waals surface area contributed by atoms with Gasteiger partial charge in [-0.2, -0.15) is 5.26 Å². The van der Waals surface area contributed by atoms with Gasteiger partial charge in [0, 0.05) is 37.6 Å². The predicted octanol–water partition coefficient (Wildman–Crippen LogP) is 3.67. The Hall–Kier alpha value is -3.38. The number of nitriles is 1. The topological polar surface area (TPSA) is 73.6 Å². The average Bonchev–Trinajstić information content (AvgIpc) is 3.31. The average molecular weight is 455 g/mol. The first-order chi connectivity index (χ1) is 15.8. The third kappa shape index (κ3) is 3.55. The molecule has 3 fully saturated rings. The van der Waals surface area contributed by atoms with Crippen LogP contribution in [0.25, 0.3) is 0 Å². The molecular weight excluding hydrogens is 435 g/mol. The van der Waals surface area contributed by atoms with Crippen LogP contribution in [0, 0.1) is 28.8 Å². The second-order valence-corrected chi connectivity index (χ2v) is 8.67. The number of hydrogen-bond acceptors (Lipinski definition) is 4. The van der Waals surface area contributed by atoms with Gasteiger partial charge in [-0.1, -0.05) is 0 Å². The summed E-state index contributed by atoms with van der Waals surface area (Å²) >= 11 is 0. The van der Waals surface area contributed by atoms with Gasteiger partial charge < -0.3 is 14.5 Å². The van der Waals surface area contributed by atoms with Crippen molar-refractivity contribution in [3.8, 4) is 6.07 Å². The zero-order valence-corrected chi connectivity index (χ0v) is 17.6. The monoisotopic (exact) mass is 455 g/mol. The van der Waals surface area contributed by atoms with E-state index in [2.05, 4.69) is 0 Å². The van der Waals surface area contributed by atoms with Gasteiger partial charge in [0.1, 0.15) is 29.7 Å². The SMILES string of the molecule is N#Cc1ccc(C(=O)N2CCC3(CC2)OC2CCC(c4cc(F)cc(F)c4)N2C3=O)cc1F. The van der Waals surface area contributed by atoms with Gasteiger partial charge >= 0.3 is 0 Å². The number of fused-ring (bicyclic) bond motifs is 1. The van der Waals surface area contributed by atoms with Crippen LogP contribution in [0.2, 0.25) is 0 Å². The summed E-state index contributed by atoms with van der Waals surface area (Å²) in [7, 11) is 0. The fraction of sp³-hybridized carbons (Fsp3) is 0.375. The van der Waals surface area contributed by atoms with E-state index in [1.165, 1.54) is 29.2 Å². The summed E-state index contributed by atoms with van der Waals surface area (Å²) in [6.45, 7) is 0.484. The second-order valence-electron chi connectivity index (χ2n) is 8.67. The molecule has 0 saturated carbocycles. The summed E-state index contributed by atoms with van der Waals surface area (Å²) in [6, 6.07) is 8.25. The Labute approximate surface area is 188 Å². The van der Waals surface area contributed by atoms with Crippen molar-refractivity contribution in [1.29, 1.82) is 5.26 Å². The van der Waals surface area contributed by atoms with Gasteiger partial charge in [-0.15, -0.1) is 0 Å². The summed E-state index contributed by atoms with van der Waals surface area (Å²) in [5.74, 6) is -2.75. The summed E-state index contributed by atoms with van der Waals surface area (Å²) in [4.78, 5) is 29.3. The standard InChI is InChI=1S/C24H20F3N3O3/c25-17-9-16(10-18(26)12-17)20-3-4-21-30(20)23(32)24(33-21)5-7-29(8-6-24)22(31)14-1-2-15(13-28)19(27)11-14/h1-2,9-12,20-21H,3-8H2. The number of carbonyl (C=O) groups is 2. The highest BCUT2D eigenvalue weighted by Crippen LogP contribution is 2.47. The van der Waals surface area contributed by atoms with E-state index in [4.69, 9.17) is 10.00 Å². The van der Waals surface area contributed by atoms with Crippen molar-refractivity contribution >= 4 is 11.8 Å². The lowest BCUT2D eigenvalue weighted by Gasteiger charge is -2.37. The van der Waals surface area contributed by atoms with Crippen molar-refractivity contribution in [3.63, 3.8) is 0 Å². The van der Waals surface area contributed by atoms with Crippen LogP contribution in [-0.2, 0) is 9.53 Å². The van der Waals surface area contributed by atoms with Crippen LogP contribution in [0.15, 0.2) is 36.4 Å². The van der Waals surface area contributed by atoms with Crippen molar-refractivity contribution < 1.29 is 27.5 Å². The van der Waals surface area contributed by atoms with Crippen LogP contribution < -0.4 is 0 Å². The maximum Gasteiger partial charge on any atom is 0.257 e. The smallest absolute Gasteiger partial charge is 0.257 e. The minimum atomic E-state index is -1.08. The third-order valence-electron chi connectivity index (χ3n) is 6.78. The molecule has 3 aliphatic heterocycles. The van der Waals surface area contributed by atoms with Crippen LogP contribution in [0.5, 0.6) is 0 Å². The summed E-state index contributed by atoms with van der Waals surface area (Å²) in [5, 5.41) is 8.85. The Bertz CT molecular complexity index is 1170. The van der Waals surface area contributed by atoms with E-state index in [9.17, 15) is 22.8 Å². The molecule has 0 bridgehead atoms. The van der Waals surface area contributed by atoms with Gasteiger partial charge in [0.25, 0.3) is 11.8 Å². The lowest BCUT2D eigenvalue weighted by atomic mass is 9.89. The zero-order chi connectivity index (χ0) is 23.3. The summed E-state index contributed by atoms with van der Waals surface area (Å²) in [6.07, 6.45) is 1.18. The molecule has 3 aliphatic rings. The Balaban J connectivity index is 1.30. The van der Waals surface area contributed by atoms with E-state index in [0.29, 0.717) is 18.4 Å². The first-order valence-electron chi connectivity index (χ1n) is 10.8. The van der Waals surface area contributed by atoms with E-state index < -0.39 is 35.3 Å². The molecule has 2 unspecified atom stereocenters. The largest absolute Gasteiger partial charge is 0.342 e.